The third-order valence-corrected chi connectivity index (χ3v) is 5.81. The van der Waals surface area contributed by atoms with Crippen LogP contribution in [-0.2, 0) is 4.79 Å². The van der Waals surface area contributed by atoms with Crippen LogP contribution in [0.1, 0.15) is 29.2 Å². The SMILES string of the molecule is COc1ccc([C@@H](CC(=O)Nc2cccc3[nH]ccc23)c2c(O)cc(C)oc2=O)c(OC)c1OC. The summed E-state index contributed by atoms with van der Waals surface area (Å²) in [7, 11) is 4.40. The highest BCUT2D eigenvalue weighted by Crippen LogP contribution is 2.46. The lowest BCUT2D eigenvalue weighted by Gasteiger charge is -2.22. The zero-order chi connectivity index (χ0) is 25.1. The summed E-state index contributed by atoms with van der Waals surface area (Å²) in [6, 6.07) is 12.0. The minimum atomic E-state index is -0.910. The molecule has 2 aromatic carbocycles. The number of amides is 1. The summed E-state index contributed by atoms with van der Waals surface area (Å²) in [5, 5.41) is 14.5. The molecule has 0 saturated heterocycles. The van der Waals surface area contributed by atoms with E-state index in [1.165, 1.54) is 27.4 Å². The molecule has 2 heterocycles. The number of hydrogen-bond donors (Lipinski definition) is 3. The number of aromatic hydroxyl groups is 1. The first-order valence-electron chi connectivity index (χ1n) is 10.9. The number of fused-ring (bicyclic) bond motifs is 1. The topological polar surface area (TPSA) is 123 Å². The normalized spacial score (nSPS) is 11.8. The van der Waals surface area contributed by atoms with Crippen molar-refractivity contribution in [2.24, 2.45) is 0 Å². The lowest BCUT2D eigenvalue weighted by atomic mass is 9.87. The molecule has 2 aromatic heterocycles. The third kappa shape index (κ3) is 4.52. The van der Waals surface area contributed by atoms with E-state index in [2.05, 4.69) is 10.3 Å². The zero-order valence-corrected chi connectivity index (χ0v) is 19.8. The van der Waals surface area contributed by atoms with Gasteiger partial charge in [-0.1, -0.05) is 12.1 Å². The Bertz CT molecular complexity index is 1440. The van der Waals surface area contributed by atoms with Crippen LogP contribution in [-0.4, -0.2) is 37.3 Å². The first kappa shape index (κ1) is 23.7. The molecular weight excluding hydrogens is 452 g/mol. The Morgan fingerprint density at radius 3 is 2.54 bits per heavy atom. The predicted molar refractivity (Wildman–Crippen MR) is 131 cm³/mol. The molecule has 0 radical (unpaired) electrons. The fourth-order valence-electron chi connectivity index (χ4n) is 4.27. The Kier molecular flexibility index (Phi) is 6.68. The Labute approximate surface area is 201 Å². The van der Waals surface area contributed by atoms with Crippen LogP contribution in [0.25, 0.3) is 10.9 Å². The summed E-state index contributed by atoms with van der Waals surface area (Å²) in [5.41, 5.74) is 1.14. The minimum Gasteiger partial charge on any atom is -0.507 e. The molecule has 9 heteroatoms. The summed E-state index contributed by atoms with van der Waals surface area (Å²) >= 11 is 0. The Morgan fingerprint density at radius 1 is 1.09 bits per heavy atom. The highest BCUT2D eigenvalue weighted by molar-refractivity contribution is 6.01. The van der Waals surface area contributed by atoms with Crippen molar-refractivity contribution in [3.05, 3.63) is 76.0 Å². The van der Waals surface area contributed by atoms with Gasteiger partial charge >= 0.3 is 5.63 Å². The first-order chi connectivity index (χ1) is 16.9. The van der Waals surface area contributed by atoms with E-state index in [4.69, 9.17) is 18.6 Å². The quantitative estimate of drug-likeness (QED) is 0.345. The van der Waals surface area contributed by atoms with E-state index < -0.39 is 11.5 Å². The van der Waals surface area contributed by atoms with Crippen molar-refractivity contribution in [2.45, 2.75) is 19.3 Å². The molecule has 1 amide bonds. The van der Waals surface area contributed by atoms with E-state index in [0.29, 0.717) is 22.7 Å². The van der Waals surface area contributed by atoms with Gasteiger partial charge in [-0.3, -0.25) is 4.79 Å². The summed E-state index contributed by atoms with van der Waals surface area (Å²) in [6.45, 7) is 1.56. The number of H-pyrrole nitrogens is 1. The monoisotopic (exact) mass is 478 g/mol. The number of anilines is 1. The van der Waals surface area contributed by atoms with Crippen LogP contribution in [0.5, 0.6) is 23.0 Å². The molecule has 0 aliphatic heterocycles. The van der Waals surface area contributed by atoms with Gasteiger partial charge in [-0.05, 0) is 31.2 Å². The zero-order valence-electron chi connectivity index (χ0n) is 19.8. The Hall–Kier alpha value is -4.40. The van der Waals surface area contributed by atoms with E-state index in [1.807, 2.05) is 18.2 Å². The highest BCUT2D eigenvalue weighted by atomic mass is 16.5. The second-order valence-corrected chi connectivity index (χ2v) is 7.92. The molecule has 3 N–H and O–H groups in total. The number of aromatic nitrogens is 1. The average Bonchev–Trinajstić information content (AvgIpc) is 3.31. The van der Waals surface area contributed by atoms with Gasteiger partial charge in [-0.15, -0.1) is 0 Å². The van der Waals surface area contributed by atoms with Gasteiger partial charge in [-0.25, -0.2) is 4.79 Å². The van der Waals surface area contributed by atoms with Gasteiger partial charge in [0, 0.05) is 41.1 Å². The standard InChI is InChI=1S/C26H26N2O7/c1-14-12-20(29)23(26(31)35-14)17(15-8-9-21(32-2)25(34-4)24(15)33-3)13-22(30)28-19-7-5-6-18-16(19)10-11-27-18/h5-12,17,27,29H,13H2,1-4H3,(H,28,30)/t17-/m1/s1. The van der Waals surface area contributed by atoms with Gasteiger partial charge in [0.15, 0.2) is 11.5 Å². The smallest absolute Gasteiger partial charge is 0.343 e. The van der Waals surface area contributed by atoms with Crippen molar-refractivity contribution < 1.29 is 28.5 Å². The molecule has 0 saturated carbocycles. The largest absolute Gasteiger partial charge is 0.507 e. The molecule has 0 fully saturated rings. The van der Waals surface area contributed by atoms with Crippen molar-refractivity contribution in [3.63, 3.8) is 0 Å². The molecule has 35 heavy (non-hydrogen) atoms. The summed E-state index contributed by atoms with van der Waals surface area (Å²) in [4.78, 5) is 29.2. The molecular formula is C26H26N2O7. The fraction of sp³-hybridized carbons (Fsp3) is 0.231. The maximum absolute atomic E-state index is 13.3. The van der Waals surface area contributed by atoms with Crippen LogP contribution >= 0.6 is 0 Å². The van der Waals surface area contributed by atoms with Gasteiger partial charge in [-0.2, -0.15) is 0 Å². The van der Waals surface area contributed by atoms with Crippen molar-refractivity contribution in [1.29, 1.82) is 0 Å². The van der Waals surface area contributed by atoms with Crippen molar-refractivity contribution in [1.82, 2.24) is 4.98 Å². The Balaban J connectivity index is 1.81. The maximum atomic E-state index is 13.3. The van der Waals surface area contributed by atoms with Gasteiger partial charge in [0.05, 0.1) is 32.6 Å². The van der Waals surface area contributed by atoms with Crippen molar-refractivity contribution in [3.8, 4) is 23.0 Å². The molecule has 182 valence electrons. The molecule has 9 nitrogen and oxygen atoms in total. The first-order valence-corrected chi connectivity index (χ1v) is 10.9. The van der Waals surface area contributed by atoms with Crippen LogP contribution in [0.4, 0.5) is 5.69 Å². The number of ether oxygens (including phenoxy) is 3. The van der Waals surface area contributed by atoms with E-state index in [-0.39, 0.29) is 35.2 Å². The number of nitrogens with one attached hydrogen (secondary N) is 2. The lowest BCUT2D eigenvalue weighted by Crippen LogP contribution is -2.21. The number of carbonyl (C=O) groups excluding carboxylic acids is 1. The van der Waals surface area contributed by atoms with Gasteiger partial charge in [0.25, 0.3) is 0 Å². The van der Waals surface area contributed by atoms with Crippen LogP contribution in [0.3, 0.4) is 0 Å². The maximum Gasteiger partial charge on any atom is 0.343 e. The molecule has 0 unspecified atom stereocenters. The van der Waals surface area contributed by atoms with E-state index >= 15 is 0 Å². The molecule has 1 atom stereocenters. The summed E-state index contributed by atoms with van der Waals surface area (Å²) < 4.78 is 21.7. The number of aryl methyl sites for hydroxylation is 1. The summed E-state index contributed by atoms with van der Waals surface area (Å²) in [6.07, 6.45) is 1.60. The van der Waals surface area contributed by atoms with Crippen LogP contribution in [0.15, 0.2) is 57.9 Å². The summed E-state index contributed by atoms with van der Waals surface area (Å²) in [5.74, 6) is -0.329. The van der Waals surface area contributed by atoms with Crippen LogP contribution in [0, 0.1) is 6.92 Å². The number of methoxy groups -OCH3 is 3. The van der Waals surface area contributed by atoms with Gasteiger partial charge in [0.1, 0.15) is 11.5 Å². The molecule has 0 bridgehead atoms. The van der Waals surface area contributed by atoms with E-state index in [0.717, 1.165) is 10.9 Å². The molecule has 0 spiro atoms. The second-order valence-electron chi connectivity index (χ2n) is 7.92. The van der Waals surface area contributed by atoms with Gasteiger partial charge in [0.2, 0.25) is 11.7 Å². The fourth-order valence-corrected chi connectivity index (χ4v) is 4.27. The van der Waals surface area contributed by atoms with E-state index in [9.17, 15) is 14.7 Å². The number of hydrogen-bond acceptors (Lipinski definition) is 7. The van der Waals surface area contributed by atoms with Crippen LogP contribution < -0.4 is 25.2 Å². The number of rotatable bonds is 8. The molecule has 4 aromatic rings. The number of benzene rings is 2. The lowest BCUT2D eigenvalue weighted by molar-refractivity contribution is -0.116. The predicted octanol–water partition coefficient (Wildman–Crippen LogP) is 4.32. The third-order valence-electron chi connectivity index (χ3n) is 5.81. The number of carbonyl (C=O) groups is 1. The van der Waals surface area contributed by atoms with Crippen LogP contribution in [0.2, 0.25) is 0 Å². The molecule has 0 aliphatic rings. The van der Waals surface area contributed by atoms with Crippen molar-refractivity contribution in [2.75, 3.05) is 26.6 Å². The Morgan fingerprint density at radius 2 is 1.86 bits per heavy atom. The van der Waals surface area contributed by atoms with Gasteiger partial charge < -0.3 is 34.0 Å². The van der Waals surface area contributed by atoms with E-state index in [1.54, 1.807) is 31.3 Å². The van der Waals surface area contributed by atoms with Crippen molar-refractivity contribution >= 4 is 22.5 Å². The molecule has 4 rings (SSSR count). The highest BCUT2D eigenvalue weighted by Gasteiger charge is 2.30. The average molecular weight is 479 g/mol. The minimum absolute atomic E-state index is 0.0591. The molecule has 0 aliphatic carbocycles. The number of aromatic amines is 1. The second kappa shape index (κ2) is 9.84.